The molecule has 24 heavy (non-hydrogen) atoms. The van der Waals surface area contributed by atoms with Gasteiger partial charge in [0.2, 0.25) is 5.91 Å². The van der Waals surface area contributed by atoms with Crippen LogP contribution in [-0.2, 0) is 16.1 Å². The third-order valence-corrected chi connectivity index (χ3v) is 4.74. The second kappa shape index (κ2) is 8.21. The van der Waals surface area contributed by atoms with Gasteiger partial charge in [-0.1, -0.05) is 6.07 Å². The van der Waals surface area contributed by atoms with Crippen molar-refractivity contribution in [3.05, 3.63) is 36.7 Å². The maximum atomic E-state index is 12.1. The van der Waals surface area contributed by atoms with Gasteiger partial charge in [0.05, 0.1) is 37.4 Å². The molecule has 1 aliphatic heterocycles. The number of carbonyl (C=O) groups excluding carboxylic acids is 1. The van der Waals surface area contributed by atoms with Gasteiger partial charge in [-0.2, -0.15) is 5.10 Å². The minimum Gasteiger partial charge on any atom is -0.497 e. The van der Waals surface area contributed by atoms with E-state index in [1.807, 2.05) is 35.1 Å². The van der Waals surface area contributed by atoms with Crippen molar-refractivity contribution in [2.45, 2.75) is 30.4 Å². The molecule has 1 aromatic carbocycles. The number of ether oxygens (including phenoxy) is 2. The smallest absolute Gasteiger partial charge is 0.234 e. The van der Waals surface area contributed by atoms with E-state index in [9.17, 15) is 4.79 Å². The first-order valence-electron chi connectivity index (χ1n) is 7.94. The SMILES string of the molecule is COc1cccc(SCC(=O)Nc2cnn(C[C@H]3CCCO3)c2)c1. The highest BCUT2D eigenvalue weighted by molar-refractivity contribution is 8.00. The Morgan fingerprint density at radius 1 is 1.54 bits per heavy atom. The van der Waals surface area contributed by atoms with Crippen LogP contribution in [0.2, 0.25) is 0 Å². The van der Waals surface area contributed by atoms with Crippen LogP contribution < -0.4 is 10.1 Å². The van der Waals surface area contributed by atoms with E-state index < -0.39 is 0 Å². The number of benzene rings is 1. The summed E-state index contributed by atoms with van der Waals surface area (Å²) >= 11 is 1.47. The van der Waals surface area contributed by atoms with Crippen molar-refractivity contribution < 1.29 is 14.3 Å². The number of hydrogen-bond acceptors (Lipinski definition) is 5. The lowest BCUT2D eigenvalue weighted by atomic mass is 10.2. The predicted molar refractivity (Wildman–Crippen MR) is 93.5 cm³/mol. The van der Waals surface area contributed by atoms with E-state index in [0.29, 0.717) is 11.4 Å². The van der Waals surface area contributed by atoms with Gasteiger partial charge in [-0.3, -0.25) is 9.48 Å². The van der Waals surface area contributed by atoms with E-state index in [4.69, 9.17) is 9.47 Å². The van der Waals surface area contributed by atoms with Gasteiger partial charge in [0.15, 0.2) is 0 Å². The fraction of sp³-hybridized carbons (Fsp3) is 0.412. The van der Waals surface area contributed by atoms with Crippen LogP contribution in [0.15, 0.2) is 41.6 Å². The van der Waals surface area contributed by atoms with Crippen LogP contribution >= 0.6 is 11.8 Å². The zero-order valence-corrected chi connectivity index (χ0v) is 14.4. The second-order valence-corrected chi connectivity index (χ2v) is 6.65. The molecule has 0 bridgehead atoms. The Morgan fingerprint density at radius 2 is 2.46 bits per heavy atom. The molecule has 0 spiro atoms. The summed E-state index contributed by atoms with van der Waals surface area (Å²) in [6.07, 6.45) is 5.92. The number of methoxy groups -OCH3 is 1. The Hall–Kier alpha value is -1.99. The summed E-state index contributed by atoms with van der Waals surface area (Å²) < 4.78 is 12.6. The minimum atomic E-state index is -0.0560. The third kappa shape index (κ3) is 4.75. The molecule has 1 N–H and O–H groups in total. The summed E-state index contributed by atoms with van der Waals surface area (Å²) in [7, 11) is 1.63. The molecular formula is C17H21N3O3S. The van der Waals surface area contributed by atoms with Gasteiger partial charge in [0, 0.05) is 17.7 Å². The van der Waals surface area contributed by atoms with E-state index in [0.717, 1.165) is 36.6 Å². The van der Waals surface area contributed by atoms with Gasteiger partial charge in [-0.25, -0.2) is 0 Å². The first-order chi connectivity index (χ1) is 11.7. The van der Waals surface area contributed by atoms with Crippen LogP contribution in [0.4, 0.5) is 5.69 Å². The number of thioether (sulfide) groups is 1. The zero-order valence-electron chi connectivity index (χ0n) is 13.6. The Balaban J connectivity index is 1.46. The largest absolute Gasteiger partial charge is 0.497 e. The first-order valence-corrected chi connectivity index (χ1v) is 8.92. The van der Waals surface area contributed by atoms with Crippen molar-refractivity contribution in [2.75, 3.05) is 24.8 Å². The topological polar surface area (TPSA) is 65.4 Å². The fourth-order valence-electron chi connectivity index (χ4n) is 2.56. The summed E-state index contributed by atoms with van der Waals surface area (Å²) in [5.74, 6) is 1.07. The van der Waals surface area contributed by atoms with Gasteiger partial charge < -0.3 is 14.8 Å². The Labute approximate surface area is 145 Å². The molecule has 1 aromatic heterocycles. The molecule has 0 aliphatic carbocycles. The summed E-state index contributed by atoms with van der Waals surface area (Å²) in [5, 5.41) is 7.14. The van der Waals surface area contributed by atoms with Crippen LogP contribution in [0.25, 0.3) is 0 Å². The van der Waals surface area contributed by atoms with Gasteiger partial charge in [-0.05, 0) is 31.0 Å². The van der Waals surface area contributed by atoms with Gasteiger partial charge in [0.1, 0.15) is 5.75 Å². The van der Waals surface area contributed by atoms with E-state index >= 15 is 0 Å². The van der Waals surface area contributed by atoms with Crippen molar-refractivity contribution in [3.63, 3.8) is 0 Å². The number of hydrogen-bond donors (Lipinski definition) is 1. The Bertz CT molecular complexity index is 683. The van der Waals surface area contributed by atoms with Gasteiger partial charge in [-0.15, -0.1) is 11.8 Å². The molecule has 6 nitrogen and oxygen atoms in total. The molecule has 1 saturated heterocycles. The lowest BCUT2D eigenvalue weighted by Gasteiger charge is -2.08. The highest BCUT2D eigenvalue weighted by Gasteiger charge is 2.16. The molecule has 0 radical (unpaired) electrons. The molecule has 2 aromatic rings. The number of rotatable bonds is 7. The van der Waals surface area contributed by atoms with Crippen LogP contribution in [0, 0.1) is 0 Å². The molecule has 0 unspecified atom stereocenters. The summed E-state index contributed by atoms with van der Waals surface area (Å²) in [6, 6.07) is 7.67. The van der Waals surface area contributed by atoms with Gasteiger partial charge in [0.25, 0.3) is 0 Å². The van der Waals surface area contributed by atoms with E-state index in [1.54, 1.807) is 13.3 Å². The second-order valence-electron chi connectivity index (χ2n) is 5.60. The molecule has 7 heteroatoms. The number of amides is 1. The minimum absolute atomic E-state index is 0.0560. The maximum absolute atomic E-state index is 12.1. The Morgan fingerprint density at radius 3 is 3.25 bits per heavy atom. The lowest BCUT2D eigenvalue weighted by molar-refractivity contribution is -0.113. The molecule has 3 rings (SSSR count). The quantitative estimate of drug-likeness (QED) is 0.780. The molecule has 1 fully saturated rings. The maximum Gasteiger partial charge on any atom is 0.234 e. The van der Waals surface area contributed by atoms with E-state index in [2.05, 4.69) is 10.4 Å². The summed E-state index contributed by atoms with van der Waals surface area (Å²) in [4.78, 5) is 13.1. The summed E-state index contributed by atoms with van der Waals surface area (Å²) in [6.45, 7) is 1.56. The molecular weight excluding hydrogens is 326 g/mol. The van der Waals surface area contributed by atoms with Crippen LogP contribution in [0.1, 0.15) is 12.8 Å². The van der Waals surface area contributed by atoms with Crippen molar-refractivity contribution in [1.82, 2.24) is 9.78 Å². The molecule has 1 aliphatic rings. The van der Waals surface area contributed by atoms with Gasteiger partial charge >= 0.3 is 0 Å². The van der Waals surface area contributed by atoms with Crippen molar-refractivity contribution in [1.29, 1.82) is 0 Å². The zero-order chi connectivity index (χ0) is 16.8. The lowest BCUT2D eigenvalue weighted by Crippen LogP contribution is -2.15. The van der Waals surface area contributed by atoms with Crippen LogP contribution in [0.5, 0.6) is 5.75 Å². The molecule has 128 valence electrons. The normalized spacial score (nSPS) is 17.0. The number of nitrogens with one attached hydrogen (secondary N) is 1. The van der Waals surface area contributed by atoms with Crippen molar-refractivity contribution in [3.8, 4) is 5.75 Å². The molecule has 2 heterocycles. The number of nitrogens with zero attached hydrogens (tertiary/aromatic N) is 2. The number of anilines is 1. The highest BCUT2D eigenvalue weighted by atomic mass is 32.2. The van der Waals surface area contributed by atoms with E-state index in [1.165, 1.54) is 11.8 Å². The van der Waals surface area contributed by atoms with Crippen molar-refractivity contribution in [2.24, 2.45) is 0 Å². The summed E-state index contributed by atoms with van der Waals surface area (Å²) in [5.41, 5.74) is 0.712. The molecule has 1 atom stereocenters. The Kier molecular flexibility index (Phi) is 5.77. The van der Waals surface area contributed by atoms with Crippen LogP contribution in [0.3, 0.4) is 0 Å². The standard InChI is InChI=1S/C17H21N3O3S/c1-22-14-4-2-6-16(8-14)24-12-17(21)19-13-9-18-20(10-13)11-15-5-3-7-23-15/h2,4,6,8-10,15H,3,5,7,11-12H2,1H3,(H,19,21)/t15-/m1/s1. The first kappa shape index (κ1) is 16.9. The fourth-order valence-corrected chi connectivity index (χ4v) is 3.31. The molecule has 0 saturated carbocycles. The highest BCUT2D eigenvalue weighted by Crippen LogP contribution is 2.23. The average Bonchev–Trinajstić information content (AvgIpc) is 3.26. The third-order valence-electron chi connectivity index (χ3n) is 3.74. The van der Waals surface area contributed by atoms with Crippen molar-refractivity contribution >= 4 is 23.4 Å². The number of carbonyl (C=O) groups is 1. The van der Waals surface area contributed by atoms with E-state index in [-0.39, 0.29) is 12.0 Å². The van der Waals surface area contributed by atoms with Crippen LogP contribution in [-0.4, -0.2) is 41.3 Å². The number of aromatic nitrogens is 2. The predicted octanol–water partition coefficient (Wildman–Crippen LogP) is 2.80. The molecule has 1 amide bonds. The average molecular weight is 347 g/mol. The monoisotopic (exact) mass is 347 g/mol.